The van der Waals surface area contributed by atoms with E-state index >= 15 is 0 Å². The summed E-state index contributed by atoms with van der Waals surface area (Å²) >= 11 is 0. The van der Waals surface area contributed by atoms with Crippen molar-refractivity contribution in [3.8, 4) is 0 Å². The van der Waals surface area contributed by atoms with E-state index in [1.165, 1.54) is 0 Å². The predicted octanol–water partition coefficient (Wildman–Crippen LogP) is 4.53. The van der Waals surface area contributed by atoms with E-state index in [1.54, 1.807) is 0 Å². The minimum atomic E-state index is -0.390. The van der Waals surface area contributed by atoms with Crippen molar-refractivity contribution < 1.29 is 9.53 Å². The standard InChI is InChI=1S/C20H32N2O2/c1-13(2)12-17(21-16(5)24-20(6,7)8)19(23)22-18-14(3)10-9-11-15(18)4/h9-11,13,17,21H,5,12H2,1-4,6-8H3,(H,22,23). The van der Waals surface area contributed by atoms with E-state index in [9.17, 15) is 4.79 Å². The van der Waals surface area contributed by atoms with Crippen LogP contribution in [-0.2, 0) is 9.53 Å². The second-order valence-electron chi connectivity index (χ2n) is 7.72. The molecule has 1 unspecified atom stereocenters. The number of hydrogen-bond donors (Lipinski definition) is 2. The van der Waals surface area contributed by atoms with E-state index in [-0.39, 0.29) is 17.6 Å². The molecule has 0 radical (unpaired) electrons. The van der Waals surface area contributed by atoms with E-state index in [2.05, 4.69) is 31.1 Å². The van der Waals surface area contributed by atoms with Gasteiger partial charge in [0, 0.05) is 5.69 Å². The van der Waals surface area contributed by atoms with Crippen LogP contribution in [-0.4, -0.2) is 17.6 Å². The Balaban J connectivity index is 2.87. The summed E-state index contributed by atoms with van der Waals surface area (Å²) in [5, 5.41) is 6.19. The molecule has 24 heavy (non-hydrogen) atoms. The first kappa shape index (κ1) is 20.1. The average molecular weight is 332 g/mol. The molecule has 0 heterocycles. The van der Waals surface area contributed by atoms with Crippen molar-refractivity contribution in [2.75, 3.05) is 5.32 Å². The lowest BCUT2D eigenvalue weighted by atomic mass is 10.0. The van der Waals surface area contributed by atoms with Crippen LogP contribution in [0.2, 0.25) is 0 Å². The van der Waals surface area contributed by atoms with E-state index in [0.29, 0.717) is 18.2 Å². The fraction of sp³-hybridized carbons (Fsp3) is 0.550. The average Bonchev–Trinajstić information content (AvgIpc) is 2.39. The molecule has 0 saturated carbocycles. The molecule has 0 fully saturated rings. The third-order valence-corrected chi connectivity index (χ3v) is 3.52. The zero-order chi connectivity index (χ0) is 18.5. The van der Waals surface area contributed by atoms with Crippen LogP contribution in [0.3, 0.4) is 0 Å². The van der Waals surface area contributed by atoms with Gasteiger partial charge >= 0.3 is 0 Å². The number of anilines is 1. The highest BCUT2D eigenvalue weighted by Crippen LogP contribution is 2.21. The van der Waals surface area contributed by atoms with Crippen molar-refractivity contribution in [3.05, 3.63) is 41.8 Å². The predicted molar refractivity (Wildman–Crippen MR) is 101 cm³/mol. The third-order valence-electron chi connectivity index (χ3n) is 3.52. The Kier molecular flexibility index (Phi) is 6.88. The van der Waals surface area contributed by atoms with Gasteiger partial charge < -0.3 is 15.4 Å². The Morgan fingerprint density at radius 2 is 1.75 bits per heavy atom. The minimum Gasteiger partial charge on any atom is -0.474 e. The van der Waals surface area contributed by atoms with Gasteiger partial charge in [0.2, 0.25) is 5.91 Å². The second kappa shape index (κ2) is 8.22. The molecule has 0 aliphatic heterocycles. The summed E-state index contributed by atoms with van der Waals surface area (Å²) in [6, 6.07) is 5.59. The molecule has 134 valence electrons. The Bertz CT molecular complexity index is 566. The zero-order valence-corrected chi connectivity index (χ0v) is 16.1. The van der Waals surface area contributed by atoms with Gasteiger partial charge in [-0.15, -0.1) is 0 Å². The van der Waals surface area contributed by atoms with Crippen molar-refractivity contribution in [2.24, 2.45) is 5.92 Å². The van der Waals surface area contributed by atoms with Crippen LogP contribution in [0.4, 0.5) is 5.69 Å². The monoisotopic (exact) mass is 332 g/mol. The van der Waals surface area contributed by atoms with Crippen LogP contribution in [0.5, 0.6) is 0 Å². The SMILES string of the molecule is C=C(NC(CC(C)C)C(=O)Nc1c(C)cccc1C)OC(C)(C)C. The van der Waals surface area contributed by atoms with Crippen molar-refractivity contribution >= 4 is 11.6 Å². The number of carbonyl (C=O) groups is 1. The van der Waals surface area contributed by atoms with E-state index in [0.717, 1.165) is 16.8 Å². The van der Waals surface area contributed by atoms with Gasteiger partial charge in [0.15, 0.2) is 5.88 Å². The van der Waals surface area contributed by atoms with Crippen molar-refractivity contribution in [3.63, 3.8) is 0 Å². The first-order valence-electron chi connectivity index (χ1n) is 8.51. The van der Waals surface area contributed by atoms with Crippen LogP contribution in [0.1, 0.15) is 52.2 Å². The number of nitrogens with one attached hydrogen (secondary N) is 2. The largest absolute Gasteiger partial charge is 0.474 e. The quantitative estimate of drug-likeness (QED) is 0.721. The van der Waals surface area contributed by atoms with Gasteiger partial charge in [-0.2, -0.15) is 0 Å². The van der Waals surface area contributed by atoms with Crippen LogP contribution in [0, 0.1) is 19.8 Å². The summed E-state index contributed by atoms with van der Waals surface area (Å²) < 4.78 is 5.71. The maximum atomic E-state index is 12.8. The Labute approximate surface area is 146 Å². The molecule has 0 aromatic heterocycles. The second-order valence-corrected chi connectivity index (χ2v) is 7.72. The molecule has 4 heteroatoms. The van der Waals surface area contributed by atoms with E-state index in [1.807, 2.05) is 52.8 Å². The van der Waals surface area contributed by atoms with Crippen molar-refractivity contribution in [1.29, 1.82) is 0 Å². The normalized spacial score (nSPS) is 12.7. The highest BCUT2D eigenvalue weighted by Gasteiger charge is 2.23. The first-order chi connectivity index (χ1) is 11.0. The molecule has 0 saturated heterocycles. The Morgan fingerprint density at radius 1 is 1.21 bits per heavy atom. The maximum Gasteiger partial charge on any atom is 0.246 e. The number of rotatable bonds is 7. The van der Waals surface area contributed by atoms with Gasteiger partial charge in [-0.25, -0.2) is 0 Å². The molecule has 1 rings (SSSR count). The molecule has 0 bridgehead atoms. The molecule has 1 atom stereocenters. The summed E-state index contributed by atoms with van der Waals surface area (Å²) in [6.45, 7) is 17.9. The van der Waals surface area contributed by atoms with Crippen molar-refractivity contribution in [1.82, 2.24) is 5.32 Å². The van der Waals surface area contributed by atoms with Crippen LogP contribution in [0.15, 0.2) is 30.7 Å². The Hall–Kier alpha value is -1.97. The third kappa shape index (κ3) is 6.65. The smallest absolute Gasteiger partial charge is 0.246 e. The van der Waals surface area contributed by atoms with Crippen LogP contribution in [0.25, 0.3) is 0 Å². The number of ether oxygens (including phenoxy) is 1. The first-order valence-corrected chi connectivity index (χ1v) is 8.51. The lowest BCUT2D eigenvalue weighted by Crippen LogP contribution is -2.42. The van der Waals surface area contributed by atoms with Gasteiger partial charge in [0.1, 0.15) is 11.6 Å². The highest BCUT2D eigenvalue weighted by atomic mass is 16.5. The van der Waals surface area contributed by atoms with Crippen molar-refractivity contribution in [2.45, 2.75) is 66.5 Å². The molecular formula is C20H32N2O2. The zero-order valence-electron chi connectivity index (χ0n) is 16.1. The van der Waals surface area contributed by atoms with Gasteiger partial charge in [0.25, 0.3) is 0 Å². The molecule has 2 N–H and O–H groups in total. The molecule has 0 spiro atoms. The van der Waals surface area contributed by atoms with Gasteiger partial charge in [-0.3, -0.25) is 4.79 Å². The Morgan fingerprint density at radius 3 is 2.21 bits per heavy atom. The number of benzene rings is 1. The molecule has 4 nitrogen and oxygen atoms in total. The van der Waals surface area contributed by atoms with Gasteiger partial charge in [-0.05, 0) is 64.7 Å². The van der Waals surface area contributed by atoms with E-state index < -0.39 is 0 Å². The lowest BCUT2D eigenvalue weighted by molar-refractivity contribution is -0.118. The summed E-state index contributed by atoms with van der Waals surface area (Å²) in [6.07, 6.45) is 0.698. The number of carbonyl (C=O) groups excluding carboxylic acids is 1. The number of amides is 1. The fourth-order valence-electron chi connectivity index (χ4n) is 2.52. The van der Waals surface area contributed by atoms with E-state index in [4.69, 9.17) is 4.74 Å². The number of aryl methyl sites for hydroxylation is 2. The lowest BCUT2D eigenvalue weighted by Gasteiger charge is -2.27. The number of para-hydroxylation sites is 1. The molecule has 0 aliphatic rings. The highest BCUT2D eigenvalue weighted by molar-refractivity contribution is 5.96. The molecule has 1 aromatic carbocycles. The summed E-state index contributed by atoms with van der Waals surface area (Å²) in [4.78, 5) is 12.8. The van der Waals surface area contributed by atoms with Gasteiger partial charge in [-0.1, -0.05) is 32.0 Å². The minimum absolute atomic E-state index is 0.0697. The van der Waals surface area contributed by atoms with Gasteiger partial charge in [0.05, 0.1) is 0 Å². The summed E-state index contributed by atoms with van der Waals surface area (Å²) in [5.41, 5.74) is 2.63. The molecule has 0 aliphatic carbocycles. The molecule has 1 aromatic rings. The summed E-state index contributed by atoms with van der Waals surface area (Å²) in [5.74, 6) is 0.721. The van der Waals surface area contributed by atoms with Crippen LogP contribution < -0.4 is 10.6 Å². The summed E-state index contributed by atoms with van der Waals surface area (Å²) in [7, 11) is 0. The number of hydrogen-bond acceptors (Lipinski definition) is 3. The van der Waals surface area contributed by atoms with Crippen LogP contribution >= 0.6 is 0 Å². The molecule has 1 amide bonds. The fourth-order valence-corrected chi connectivity index (χ4v) is 2.52. The molecular weight excluding hydrogens is 300 g/mol. The topological polar surface area (TPSA) is 50.4 Å². The maximum absolute atomic E-state index is 12.8.